The summed E-state index contributed by atoms with van der Waals surface area (Å²) < 4.78 is 11.4. The minimum absolute atomic E-state index is 0.929. The summed E-state index contributed by atoms with van der Waals surface area (Å²) in [5, 5.41) is 4.89. The normalized spacial score (nSPS) is 12.1. The van der Waals surface area contributed by atoms with Crippen molar-refractivity contribution in [3.63, 3.8) is 0 Å². The standard InChI is InChI=1S/C26H15NOS/c1-4-12-20-18(9-1)26-24(19-10-3-6-15-23(19)29-26)27(20)21-13-7-11-17-16-8-2-5-14-22(16)28-25(17)21/h1-15H. The first kappa shape index (κ1) is 15.4. The molecule has 0 fully saturated rings. The average Bonchev–Trinajstić information content (AvgIpc) is 3.42. The highest BCUT2D eigenvalue weighted by Crippen LogP contribution is 2.43. The van der Waals surface area contributed by atoms with Crippen LogP contribution in [0.2, 0.25) is 0 Å². The minimum Gasteiger partial charge on any atom is -0.454 e. The van der Waals surface area contributed by atoms with Crippen LogP contribution in [-0.2, 0) is 0 Å². The lowest BCUT2D eigenvalue weighted by molar-refractivity contribution is 0.666. The Morgan fingerprint density at radius 3 is 2.28 bits per heavy atom. The van der Waals surface area contributed by atoms with Crippen LogP contribution >= 0.6 is 11.3 Å². The molecular weight excluding hydrogens is 374 g/mol. The summed E-state index contributed by atoms with van der Waals surface area (Å²) in [4.78, 5) is 0. The molecule has 0 unspecified atom stereocenters. The van der Waals surface area contributed by atoms with Crippen LogP contribution in [-0.4, -0.2) is 4.57 Å². The molecule has 0 aliphatic carbocycles. The van der Waals surface area contributed by atoms with Gasteiger partial charge in [-0.25, -0.2) is 0 Å². The van der Waals surface area contributed by atoms with Crippen molar-refractivity contribution in [1.29, 1.82) is 0 Å². The van der Waals surface area contributed by atoms with Crippen LogP contribution in [0.25, 0.3) is 58.8 Å². The van der Waals surface area contributed by atoms with E-state index >= 15 is 0 Å². The summed E-state index contributed by atoms with van der Waals surface area (Å²) in [7, 11) is 0. The summed E-state index contributed by atoms with van der Waals surface area (Å²) in [6.07, 6.45) is 0. The van der Waals surface area contributed by atoms with Crippen LogP contribution in [0, 0.1) is 0 Å². The number of hydrogen-bond donors (Lipinski definition) is 0. The SMILES string of the molecule is c1ccc2c(c1)oc1c(-n3c4ccccc4c4sc5ccccc5c43)cccc12. The van der Waals surface area contributed by atoms with Crippen molar-refractivity contribution in [1.82, 2.24) is 4.57 Å². The van der Waals surface area contributed by atoms with E-state index in [1.165, 1.54) is 31.2 Å². The molecule has 0 atom stereocenters. The first-order chi connectivity index (χ1) is 14.4. The van der Waals surface area contributed by atoms with Gasteiger partial charge in [0.2, 0.25) is 0 Å². The molecule has 7 rings (SSSR count). The van der Waals surface area contributed by atoms with E-state index in [2.05, 4.69) is 83.4 Å². The number of fused-ring (bicyclic) bond motifs is 8. The highest BCUT2D eigenvalue weighted by Gasteiger charge is 2.20. The molecule has 3 aromatic heterocycles. The number of furan rings is 1. The van der Waals surface area contributed by atoms with E-state index in [1.807, 2.05) is 23.5 Å². The molecule has 0 bridgehead atoms. The second-order valence-corrected chi connectivity index (χ2v) is 8.43. The molecule has 0 N–H and O–H groups in total. The number of hydrogen-bond acceptors (Lipinski definition) is 2. The largest absolute Gasteiger partial charge is 0.454 e. The van der Waals surface area contributed by atoms with Crippen LogP contribution in [0.4, 0.5) is 0 Å². The number of aromatic nitrogens is 1. The maximum atomic E-state index is 6.38. The van der Waals surface area contributed by atoms with Crippen LogP contribution in [0.5, 0.6) is 0 Å². The second kappa shape index (κ2) is 5.49. The van der Waals surface area contributed by atoms with Gasteiger partial charge in [-0.2, -0.15) is 0 Å². The van der Waals surface area contributed by atoms with Crippen LogP contribution in [0.3, 0.4) is 0 Å². The third kappa shape index (κ3) is 1.95. The highest BCUT2D eigenvalue weighted by atomic mass is 32.1. The van der Waals surface area contributed by atoms with Crippen molar-refractivity contribution in [2.24, 2.45) is 0 Å². The van der Waals surface area contributed by atoms with Gasteiger partial charge in [-0.05, 0) is 24.3 Å². The lowest BCUT2D eigenvalue weighted by Gasteiger charge is -2.08. The topological polar surface area (TPSA) is 18.1 Å². The van der Waals surface area contributed by atoms with Crippen molar-refractivity contribution in [2.75, 3.05) is 0 Å². The fraction of sp³-hybridized carbons (Fsp3) is 0. The molecular formula is C26H15NOS. The summed E-state index contributed by atoms with van der Waals surface area (Å²) in [5.41, 5.74) is 5.44. The fourth-order valence-electron chi connectivity index (χ4n) is 4.58. The van der Waals surface area contributed by atoms with E-state index in [-0.39, 0.29) is 0 Å². The lowest BCUT2D eigenvalue weighted by atomic mass is 10.1. The van der Waals surface area contributed by atoms with E-state index in [0.717, 1.165) is 27.6 Å². The number of benzene rings is 4. The monoisotopic (exact) mass is 389 g/mol. The Balaban J connectivity index is 1.74. The van der Waals surface area contributed by atoms with Gasteiger partial charge in [0.05, 0.1) is 21.4 Å². The molecule has 0 aliphatic rings. The van der Waals surface area contributed by atoms with Gasteiger partial charge in [0, 0.05) is 26.2 Å². The van der Waals surface area contributed by atoms with Gasteiger partial charge in [-0.15, -0.1) is 11.3 Å². The molecule has 0 saturated carbocycles. The molecule has 3 heterocycles. The van der Waals surface area contributed by atoms with E-state index in [1.54, 1.807) is 0 Å². The number of para-hydroxylation sites is 3. The fourth-order valence-corrected chi connectivity index (χ4v) is 5.80. The Labute approximate surface area is 170 Å². The van der Waals surface area contributed by atoms with Gasteiger partial charge in [0.25, 0.3) is 0 Å². The molecule has 2 nitrogen and oxygen atoms in total. The number of thiophene rings is 1. The van der Waals surface area contributed by atoms with Crippen LogP contribution in [0.15, 0.2) is 95.4 Å². The molecule has 0 saturated heterocycles. The van der Waals surface area contributed by atoms with E-state index in [0.29, 0.717) is 0 Å². The van der Waals surface area contributed by atoms with Gasteiger partial charge in [0.15, 0.2) is 5.58 Å². The molecule has 0 radical (unpaired) electrons. The number of rotatable bonds is 1. The van der Waals surface area contributed by atoms with Gasteiger partial charge < -0.3 is 8.98 Å². The second-order valence-electron chi connectivity index (χ2n) is 7.38. The average molecular weight is 389 g/mol. The number of nitrogens with zero attached hydrogens (tertiary/aromatic N) is 1. The molecule has 4 aromatic carbocycles. The Morgan fingerprint density at radius 2 is 1.34 bits per heavy atom. The third-order valence-electron chi connectivity index (χ3n) is 5.81. The molecule has 3 heteroatoms. The molecule has 0 spiro atoms. The summed E-state index contributed by atoms with van der Waals surface area (Å²) in [6.45, 7) is 0. The van der Waals surface area contributed by atoms with Crippen molar-refractivity contribution < 1.29 is 4.42 Å². The maximum Gasteiger partial charge on any atom is 0.159 e. The first-order valence-corrected chi connectivity index (χ1v) is 10.5. The zero-order chi connectivity index (χ0) is 18.9. The van der Waals surface area contributed by atoms with Crippen molar-refractivity contribution in [2.45, 2.75) is 0 Å². The quantitative estimate of drug-likeness (QED) is 0.279. The molecule has 29 heavy (non-hydrogen) atoms. The molecule has 0 aliphatic heterocycles. The van der Waals surface area contributed by atoms with Crippen LogP contribution in [0.1, 0.15) is 0 Å². The highest BCUT2D eigenvalue weighted by molar-refractivity contribution is 7.26. The minimum atomic E-state index is 0.929. The molecule has 7 aromatic rings. The van der Waals surface area contributed by atoms with E-state index in [4.69, 9.17) is 4.42 Å². The van der Waals surface area contributed by atoms with Gasteiger partial charge in [0.1, 0.15) is 5.58 Å². The third-order valence-corrected chi connectivity index (χ3v) is 7.00. The Bertz CT molecular complexity index is 1710. The zero-order valence-corrected chi connectivity index (χ0v) is 16.2. The van der Waals surface area contributed by atoms with Crippen molar-refractivity contribution in [3.8, 4) is 5.69 Å². The lowest BCUT2D eigenvalue weighted by Crippen LogP contribution is -1.94. The summed E-state index contributed by atoms with van der Waals surface area (Å²) in [6, 6.07) is 32.1. The van der Waals surface area contributed by atoms with Gasteiger partial charge >= 0.3 is 0 Å². The molecule has 0 amide bonds. The predicted molar refractivity (Wildman–Crippen MR) is 123 cm³/mol. The summed E-state index contributed by atoms with van der Waals surface area (Å²) in [5.74, 6) is 0. The van der Waals surface area contributed by atoms with E-state index < -0.39 is 0 Å². The van der Waals surface area contributed by atoms with Gasteiger partial charge in [-0.1, -0.05) is 66.7 Å². The first-order valence-electron chi connectivity index (χ1n) is 9.71. The molecule has 136 valence electrons. The summed E-state index contributed by atoms with van der Waals surface area (Å²) >= 11 is 1.87. The predicted octanol–water partition coefficient (Wildman–Crippen LogP) is 7.90. The van der Waals surface area contributed by atoms with Crippen molar-refractivity contribution in [3.05, 3.63) is 91.0 Å². The van der Waals surface area contributed by atoms with Crippen molar-refractivity contribution >= 4 is 64.5 Å². The Hall–Kier alpha value is -3.56. The Morgan fingerprint density at radius 1 is 0.621 bits per heavy atom. The maximum absolute atomic E-state index is 6.38. The smallest absolute Gasteiger partial charge is 0.159 e. The van der Waals surface area contributed by atoms with E-state index in [9.17, 15) is 0 Å². The Kier molecular flexibility index (Phi) is 2.91. The van der Waals surface area contributed by atoms with Gasteiger partial charge in [-0.3, -0.25) is 0 Å². The van der Waals surface area contributed by atoms with Crippen LogP contribution < -0.4 is 0 Å². The zero-order valence-electron chi connectivity index (χ0n) is 15.4.